The van der Waals surface area contributed by atoms with Gasteiger partial charge in [-0.3, -0.25) is 4.79 Å². The number of nitrogens with zero attached hydrogens (tertiary/aromatic N) is 1. The summed E-state index contributed by atoms with van der Waals surface area (Å²) in [5.74, 6) is -2.49. The number of carboxylic acids is 1. The molecule has 0 spiro atoms. The number of amides is 2. The molecule has 1 aromatic carbocycles. The summed E-state index contributed by atoms with van der Waals surface area (Å²) in [5.41, 5.74) is 0.129. The Balaban J connectivity index is 2.66. The van der Waals surface area contributed by atoms with E-state index in [1.54, 1.807) is 0 Å². The molecule has 2 amide bonds. The number of hydrogen-bond acceptors (Lipinski definition) is 2. The highest BCUT2D eigenvalue weighted by molar-refractivity contribution is 5.80. The zero-order chi connectivity index (χ0) is 16.0. The molecule has 5 nitrogen and oxygen atoms in total. The maximum Gasteiger partial charge on any atom is 0.323 e. The molecule has 0 unspecified atom stereocenters. The molecule has 7 heteroatoms. The van der Waals surface area contributed by atoms with Crippen molar-refractivity contribution in [3.05, 3.63) is 35.4 Å². The first-order valence-electron chi connectivity index (χ1n) is 6.48. The van der Waals surface area contributed by atoms with Gasteiger partial charge in [-0.1, -0.05) is 19.9 Å². The molecule has 0 fully saturated rings. The summed E-state index contributed by atoms with van der Waals surface area (Å²) in [4.78, 5) is 23.8. The van der Waals surface area contributed by atoms with Crippen LogP contribution < -0.4 is 5.32 Å². The van der Waals surface area contributed by atoms with Gasteiger partial charge in [0.15, 0.2) is 0 Å². The Kier molecular flexibility index (Phi) is 6.08. The van der Waals surface area contributed by atoms with Crippen LogP contribution in [-0.4, -0.2) is 35.1 Å². The van der Waals surface area contributed by atoms with Crippen molar-refractivity contribution in [3.63, 3.8) is 0 Å². The van der Waals surface area contributed by atoms with Gasteiger partial charge >= 0.3 is 12.0 Å². The highest BCUT2D eigenvalue weighted by atomic mass is 19.1. The van der Waals surface area contributed by atoms with Crippen LogP contribution in [0.15, 0.2) is 18.2 Å². The van der Waals surface area contributed by atoms with E-state index in [9.17, 15) is 18.4 Å². The number of urea groups is 1. The smallest absolute Gasteiger partial charge is 0.323 e. The highest BCUT2D eigenvalue weighted by Crippen LogP contribution is 2.09. The van der Waals surface area contributed by atoms with Crippen LogP contribution in [0.3, 0.4) is 0 Å². The number of halogens is 2. The Morgan fingerprint density at radius 1 is 1.33 bits per heavy atom. The molecule has 1 aromatic rings. The lowest BCUT2D eigenvalue weighted by atomic mass is 10.2. The van der Waals surface area contributed by atoms with Crippen molar-refractivity contribution < 1.29 is 23.5 Å². The van der Waals surface area contributed by atoms with Gasteiger partial charge in [0, 0.05) is 24.7 Å². The first-order chi connectivity index (χ1) is 9.79. The molecule has 1 rings (SSSR count). The molecule has 0 saturated carbocycles. The predicted octanol–water partition coefficient (Wildman–Crippen LogP) is 2.22. The molecular weight excluding hydrogens is 282 g/mol. The van der Waals surface area contributed by atoms with Crippen molar-refractivity contribution in [2.24, 2.45) is 5.92 Å². The number of carboxylic acid groups (broad SMARTS) is 1. The van der Waals surface area contributed by atoms with Gasteiger partial charge in [0.1, 0.15) is 18.2 Å². The average Bonchev–Trinajstić information content (AvgIpc) is 2.35. The van der Waals surface area contributed by atoms with Gasteiger partial charge in [0.25, 0.3) is 0 Å². The van der Waals surface area contributed by atoms with Crippen molar-refractivity contribution in [2.75, 3.05) is 13.1 Å². The van der Waals surface area contributed by atoms with E-state index in [0.717, 1.165) is 17.0 Å². The van der Waals surface area contributed by atoms with E-state index in [2.05, 4.69) is 5.32 Å². The third kappa shape index (κ3) is 5.76. The number of aliphatic carboxylic acids is 1. The molecule has 21 heavy (non-hydrogen) atoms. The van der Waals surface area contributed by atoms with Crippen LogP contribution >= 0.6 is 0 Å². The van der Waals surface area contributed by atoms with E-state index >= 15 is 0 Å². The predicted molar refractivity (Wildman–Crippen MR) is 72.6 cm³/mol. The molecular formula is C14H18F2N2O3. The Hall–Kier alpha value is -2.18. The van der Waals surface area contributed by atoms with Crippen LogP contribution in [0, 0.1) is 17.6 Å². The topological polar surface area (TPSA) is 69.6 Å². The minimum Gasteiger partial charge on any atom is -0.480 e. The molecule has 0 aliphatic rings. The van der Waals surface area contributed by atoms with Crippen LogP contribution in [0.1, 0.15) is 19.4 Å². The van der Waals surface area contributed by atoms with Gasteiger partial charge in [-0.15, -0.1) is 0 Å². The molecule has 0 radical (unpaired) electrons. The van der Waals surface area contributed by atoms with Gasteiger partial charge < -0.3 is 15.3 Å². The van der Waals surface area contributed by atoms with E-state index in [0.29, 0.717) is 0 Å². The molecule has 0 aromatic heterocycles. The Morgan fingerprint density at radius 2 is 2.00 bits per heavy atom. The lowest BCUT2D eigenvalue weighted by molar-refractivity contribution is -0.137. The molecule has 0 bridgehead atoms. The van der Waals surface area contributed by atoms with Crippen molar-refractivity contribution >= 4 is 12.0 Å². The zero-order valence-electron chi connectivity index (χ0n) is 11.9. The number of benzene rings is 1. The maximum atomic E-state index is 13.4. The summed E-state index contributed by atoms with van der Waals surface area (Å²) in [5, 5.41) is 11.2. The summed E-state index contributed by atoms with van der Waals surface area (Å²) in [6.07, 6.45) is 0. The molecule has 0 aliphatic heterocycles. The SMILES string of the molecule is CC(C)CN(CC(=O)O)C(=O)NCc1ccc(F)cc1F. The fraction of sp³-hybridized carbons (Fsp3) is 0.429. The highest BCUT2D eigenvalue weighted by Gasteiger charge is 2.18. The van der Waals surface area contributed by atoms with Gasteiger partial charge in [-0.05, 0) is 12.0 Å². The summed E-state index contributed by atoms with van der Waals surface area (Å²) < 4.78 is 26.2. The monoisotopic (exact) mass is 300 g/mol. The maximum absolute atomic E-state index is 13.4. The third-order valence-electron chi connectivity index (χ3n) is 2.64. The van der Waals surface area contributed by atoms with Crippen LogP contribution in [0.2, 0.25) is 0 Å². The van der Waals surface area contributed by atoms with Gasteiger partial charge in [-0.2, -0.15) is 0 Å². The average molecular weight is 300 g/mol. The molecule has 0 aliphatic carbocycles. The quantitative estimate of drug-likeness (QED) is 0.846. The van der Waals surface area contributed by atoms with E-state index < -0.39 is 30.2 Å². The fourth-order valence-electron chi connectivity index (χ4n) is 1.77. The number of nitrogens with one attached hydrogen (secondary N) is 1. The van der Waals surface area contributed by atoms with Crippen LogP contribution in [0.4, 0.5) is 13.6 Å². The standard InChI is InChI=1S/C14H18F2N2O3/c1-9(2)7-18(8-13(19)20)14(21)17-6-10-3-4-11(15)5-12(10)16/h3-5,9H,6-8H2,1-2H3,(H,17,21)(H,19,20). The van der Waals surface area contributed by atoms with Crippen molar-refractivity contribution in [2.45, 2.75) is 20.4 Å². The number of hydrogen-bond donors (Lipinski definition) is 2. The van der Waals surface area contributed by atoms with Gasteiger partial charge in [-0.25, -0.2) is 13.6 Å². The minimum absolute atomic E-state index is 0.0951. The Bertz CT molecular complexity index is 521. The first-order valence-corrected chi connectivity index (χ1v) is 6.48. The second-order valence-electron chi connectivity index (χ2n) is 5.06. The summed E-state index contributed by atoms with van der Waals surface area (Å²) in [6.45, 7) is 3.39. The molecule has 2 N–H and O–H groups in total. The number of rotatable bonds is 6. The third-order valence-corrected chi connectivity index (χ3v) is 2.64. The lowest BCUT2D eigenvalue weighted by Gasteiger charge is -2.23. The Morgan fingerprint density at radius 3 is 2.52 bits per heavy atom. The number of carbonyl (C=O) groups excluding carboxylic acids is 1. The number of carbonyl (C=O) groups is 2. The lowest BCUT2D eigenvalue weighted by Crippen LogP contribution is -2.44. The zero-order valence-corrected chi connectivity index (χ0v) is 11.9. The fourth-order valence-corrected chi connectivity index (χ4v) is 1.77. The van der Waals surface area contributed by atoms with Gasteiger partial charge in [0.2, 0.25) is 0 Å². The summed E-state index contributed by atoms with van der Waals surface area (Å²) >= 11 is 0. The van der Waals surface area contributed by atoms with E-state index in [-0.39, 0.29) is 24.6 Å². The van der Waals surface area contributed by atoms with E-state index in [4.69, 9.17) is 5.11 Å². The Labute approximate surface area is 121 Å². The molecule has 0 atom stereocenters. The molecule has 0 saturated heterocycles. The van der Waals surface area contributed by atoms with Crippen molar-refractivity contribution in [1.29, 1.82) is 0 Å². The van der Waals surface area contributed by atoms with Crippen molar-refractivity contribution in [3.8, 4) is 0 Å². The van der Waals surface area contributed by atoms with E-state index in [1.165, 1.54) is 6.07 Å². The largest absolute Gasteiger partial charge is 0.480 e. The van der Waals surface area contributed by atoms with Crippen molar-refractivity contribution in [1.82, 2.24) is 10.2 Å². The summed E-state index contributed by atoms with van der Waals surface area (Å²) in [6, 6.07) is 2.45. The van der Waals surface area contributed by atoms with Crippen LogP contribution in [-0.2, 0) is 11.3 Å². The molecule has 116 valence electrons. The second-order valence-corrected chi connectivity index (χ2v) is 5.06. The van der Waals surface area contributed by atoms with Crippen LogP contribution in [0.5, 0.6) is 0 Å². The molecule has 0 heterocycles. The first kappa shape index (κ1) is 16.9. The second kappa shape index (κ2) is 7.56. The van der Waals surface area contributed by atoms with Crippen LogP contribution in [0.25, 0.3) is 0 Å². The normalized spacial score (nSPS) is 10.5. The van der Waals surface area contributed by atoms with E-state index in [1.807, 2.05) is 13.8 Å². The minimum atomic E-state index is -1.13. The van der Waals surface area contributed by atoms with Gasteiger partial charge in [0.05, 0.1) is 0 Å². The summed E-state index contributed by atoms with van der Waals surface area (Å²) in [7, 11) is 0.